The summed E-state index contributed by atoms with van der Waals surface area (Å²) in [4.78, 5) is 17.2. The highest BCUT2D eigenvalue weighted by Crippen LogP contribution is 2.27. The van der Waals surface area contributed by atoms with Crippen molar-refractivity contribution in [2.24, 2.45) is 0 Å². The van der Waals surface area contributed by atoms with E-state index in [-0.39, 0.29) is 11.9 Å². The minimum absolute atomic E-state index is 0.00479. The number of fused-ring (bicyclic) bond motifs is 1. The average Bonchev–Trinajstić information content (AvgIpc) is 3.21. The second-order valence-electron chi connectivity index (χ2n) is 7.99. The van der Waals surface area contributed by atoms with Gasteiger partial charge in [-0.15, -0.1) is 0 Å². The van der Waals surface area contributed by atoms with Gasteiger partial charge in [0.25, 0.3) is 5.91 Å². The van der Waals surface area contributed by atoms with Crippen LogP contribution in [-0.2, 0) is 4.74 Å². The number of carbonyl (C=O) groups is 1. The molecule has 6 heteroatoms. The fourth-order valence-electron chi connectivity index (χ4n) is 4.24. The fraction of sp³-hybridized carbons (Fsp3) is 0.391. The van der Waals surface area contributed by atoms with E-state index < -0.39 is 0 Å². The van der Waals surface area contributed by atoms with Crippen molar-refractivity contribution in [3.05, 3.63) is 54.4 Å². The Hall–Kier alpha value is -2.70. The number of ether oxygens (including phenoxy) is 1. The number of nitrogens with one attached hydrogen (secondary N) is 2. The number of carbonyl (C=O) groups excluding carboxylic acids is 1. The maximum Gasteiger partial charge on any atom is 0.251 e. The number of nitrogens with zero attached hydrogens (tertiary/aromatic N) is 1. The Labute approximate surface area is 169 Å². The molecule has 1 aliphatic carbocycles. The Kier molecular flexibility index (Phi) is 5.04. The number of hydrogen-bond donors (Lipinski definition) is 2. The molecule has 0 unspecified atom stereocenters. The topological polar surface area (TPSA) is 76.4 Å². The van der Waals surface area contributed by atoms with Crippen LogP contribution in [-0.4, -0.2) is 42.2 Å². The van der Waals surface area contributed by atoms with Crippen molar-refractivity contribution < 1.29 is 13.9 Å². The maximum atomic E-state index is 12.7. The molecular formula is C23H25N3O3. The summed E-state index contributed by atoms with van der Waals surface area (Å²) >= 11 is 0. The molecule has 2 aliphatic rings. The molecule has 1 amide bonds. The van der Waals surface area contributed by atoms with Gasteiger partial charge in [0.15, 0.2) is 0 Å². The number of pyridine rings is 1. The Morgan fingerprint density at radius 1 is 0.931 bits per heavy atom. The van der Waals surface area contributed by atoms with Crippen LogP contribution < -0.4 is 10.6 Å². The zero-order chi connectivity index (χ0) is 19.6. The van der Waals surface area contributed by atoms with E-state index in [2.05, 4.69) is 15.6 Å². The maximum absolute atomic E-state index is 12.7. The van der Waals surface area contributed by atoms with Gasteiger partial charge in [-0.2, -0.15) is 0 Å². The predicted octanol–water partition coefficient (Wildman–Crippen LogP) is 3.52. The Morgan fingerprint density at radius 3 is 2.41 bits per heavy atom. The van der Waals surface area contributed by atoms with Gasteiger partial charge in [-0.3, -0.25) is 9.78 Å². The molecule has 6 nitrogen and oxygen atoms in total. The van der Waals surface area contributed by atoms with Gasteiger partial charge in [0.2, 0.25) is 0 Å². The molecule has 5 rings (SSSR count). The highest BCUT2D eigenvalue weighted by atomic mass is 16.5. The van der Waals surface area contributed by atoms with E-state index in [1.54, 1.807) is 12.5 Å². The van der Waals surface area contributed by atoms with Crippen molar-refractivity contribution in [1.82, 2.24) is 15.6 Å². The molecule has 1 saturated carbocycles. The summed E-state index contributed by atoms with van der Waals surface area (Å²) in [6.45, 7) is 1.66. The minimum Gasteiger partial charge on any atom is -0.464 e. The first kappa shape index (κ1) is 18.3. The van der Waals surface area contributed by atoms with Crippen LogP contribution in [0, 0.1) is 0 Å². The largest absolute Gasteiger partial charge is 0.464 e. The summed E-state index contributed by atoms with van der Waals surface area (Å²) in [7, 11) is 0. The molecule has 3 aromatic rings. The van der Waals surface area contributed by atoms with E-state index >= 15 is 0 Å². The van der Waals surface area contributed by atoms with E-state index in [1.807, 2.05) is 36.4 Å². The van der Waals surface area contributed by atoms with Gasteiger partial charge in [0, 0.05) is 34.8 Å². The van der Waals surface area contributed by atoms with E-state index in [4.69, 9.17) is 9.15 Å². The number of rotatable bonds is 5. The second-order valence-corrected chi connectivity index (χ2v) is 7.99. The lowest BCUT2D eigenvalue weighted by Gasteiger charge is -2.35. The molecule has 0 radical (unpaired) electrons. The standard InChI is InChI=1S/C23H25N3O3/c27-23(26-18-7-5-17(6-8-18)25-19-13-28-14-19)16-3-1-15(2-4-16)22-20-10-12-29-21(20)9-11-24-22/h1-4,9-12,17-19,25H,5-8,13-14H2,(H,26,27)/t17-,18-. The summed E-state index contributed by atoms with van der Waals surface area (Å²) in [5, 5.41) is 7.82. The van der Waals surface area contributed by atoms with Gasteiger partial charge in [0.1, 0.15) is 5.58 Å². The highest BCUT2D eigenvalue weighted by Gasteiger charge is 2.27. The molecule has 1 aromatic carbocycles. The molecule has 0 bridgehead atoms. The van der Waals surface area contributed by atoms with Crippen molar-refractivity contribution in [3.8, 4) is 11.3 Å². The lowest BCUT2D eigenvalue weighted by atomic mass is 9.90. The molecule has 1 aliphatic heterocycles. The van der Waals surface area contributed by atoms with Crippen molar-refractivity contribution in [3.63, 3.8) is 0 Å². The van der Waals surface area contributed by atoms with Crippen LogP contribution in [0.3, 0.4) is 0 Å². The molecule has 29 heavy (non-hydrogen) atoms. The molecule has 2 fully saturated rings. The third-order valence-corrected chi connectivity index (χ3v) is 5.97. The van der Waals surface area contributed by atoms with Gasteiger partial charge in [-0.1, -0.05) is 12.1 Å². The van der Waals surface area contributed by atoms with Crippen LogP contribution in [0.2, 0.25) is 0 Å². The van der Waals surface area contributed by atoms with Crippen LogP contribution in [0.1, 0.15) is 36.0 Å². The first-order chi connectivity index (χ1) is 14.3. The van der Waals surface area contributed by atoms with E-state index in [1.165, 1.54) is 0 Å². The molecule has 0 spiro atoms. The van der Waals surface area contributed by atoms with Gasteiger partial charge in [-0.05, 0) is 49.9 Å². The zero-order valence-corrected chi connectivity index (χ0v) is 16.3. The third kappa shape index (κ3) is 3.91. The average molecular weight is 391 g/mol. The number of hydrogen-bond acceptors (Lipinski definition) is 5. The molecular weight excluding hydrogens is 366 g/mol. The smallest absolute Gasteiger partial charge is 0.251 e. The summed E-state index contributed by atoms with van der Waals surface area (Å²) in [6.07, 6.45) is 7.64. The van der Waals surface area contributed by atoms with Crippen LogP contribution in [0.25, 0.3) is 22.2 Å². The minimum atomic E-state index is -0.00479. The van der Waals surface area contributed by atoms with Crippen molar-refractivity contribution in [2.45, 2.75) is 43.8 Å². The van der Waals surface area contributed by atoms with Gasteiger partial charge in [0.05, 0.1) is 31.2 Å². The molecule has 2 aromatic heterocycles. The van der Waals surface area contributed by atoms with Crippen molar-refractivity contribution in [1.29, 1.82) is 0 Å². The zero-order valence-electron chi connectivity index (χ0n) is 16.3. The Bertz CT molecular complexity index is 986. The lowest BCUT2D eigenvalue weighted by Crippen LogP contribution is -2.52. The van der Waals surface area contributed by atoms with Crippen LogP contribution in [0.15, 0.2) is 53.3 Å². The Morgan fingerprint density at radius 2 is 1.69 bits per heavy atom. The highest BCUT2D eigenvalue weighted by molar-refractivity contribution is 5.96. The second kappa shape index (κ2) is 7.97. The summed E-state index contributed by atoms with van der Waals surface area (Å²) < 4.78 is 10.7. The van der Waals surface area contributed by atoms with Gasteiger partial charge >= 0.3 is 0 Å². The summed E-state index contributed by atoms with van der Waals surface area (Å²) in [6, 6.07) is 12.7. The molecule has 150 valence electrons. The SMILES string of the molecule is O=C(N[C@H]1CC[C@H](NC2COC2)CC1)c1ccc(-c2nccc3occc23)cc1. The quantitative estimate of drug-likeness (QED) is 0.696. The van der Waals surface area contributed by atoms with E-state index in [0.29, 0.717) is 17.6 Å². The third-order valence-electron chi connectivity index (χ3n) is 5.97. The van der Waals surface area contributed by atoms with Gasteiger partial charge in [-0.25, -0.2) is 0 Å². The monoisotopic (exact) mass is 391 g/mol. The molecule has 0 atom stereocenters. The first-order valence-corrected chi connectivity index (χ1v) is 10.3. The summed E-state index contributed by atoms with van der Waals surface area (Å²) in [5.74, 6) is -0.00479. The lowest BCUT2D eigenvalue weighted by molar-refractivity contribution is -0.0122. The predicted molar refractivity (Wildman–Crippen MR) is 111 cm³/mol. The van der Waals surface area contributed by atoms with Crippen molar-refractivity contribution >= 4 is 16.9 Å². The van der Waals surface area contributed by atoms with Crippen molar-refractivity contribution in [2.75, 3.05) is 13.2 Å². The fourth-order valence-corrected chi connectivity index (χ4v) is 4.24. The molecule has 1 saturated heterocycles. The first-order valence-electron chi connectivity index (χ1n) is 10.3. The Balaban J connectivity index is 1.19. The molecule has 3 heterocycles. The van der Waals surface area contributed by atoms with Gasteiger partial charge < -0.3 is 19.8 Å². The number of benzene rings is 1. The normalized spacial score (nSPS) is 22.3. The number of furan rings is 1. The molecule has 2 N–H and O–H groups in total. The summed E-state index contributed by atoms with van der Waals surface area (Å²) in [5.41, 5.74) is 3.33. The van der Waals surface area contributed by atoms with Crippen LogP contribution in [0.5, 0.6) is 0 Å². The van der Waals surface area contributed by atoms with E-state index in [9.17, 15) is 4.79 Å². The van der Waals surface area contributed by atoms with Crippen LogP contribution in [0.4, 0.5) is 0 Å². The van der Waals surface area contributed by atoms with E-state index in [0.717, 1.165) is 61.1 Å². The van der Waals surface area contributed by atoms with Crippen LogP contribution >= 0.6 is 0 Å². The number of amides is 1. The number of aromatic nitrogens is 1.